The van der Waals surface area contributed by atoms with E-state index in [1.54, 1.807) is 11.0 Å². The fourth-order valence-electron chi connectivity index (χ4n) is 2.93. The monoisotopic (exact) mass is 341 g/mol. The van der Waals surface area contributed by atoms with Gasteiger partial charge in [-0.1, -0.05) is 6.07 Å². The molecule has 126 valence electrons. The van der Waals surface area contributed by atoms with E-state index in [0.717, 1.165) is 12.1 Å². The molecule has 0 saturated carbocycles. The van der Waals surface area contributed by atoms with Gasteiger partial charge in [0.15, 0.2) is 9.84 Å². The van der Waals surface area contributed by atoms with E-state index in [1.807, 2.05) is 6.07 Å². The van der Waals surface area contributed by atoms with Gasteiger partial charge in [-0.15, -0.1) is 0 Å². The van der Waals surface area contributed by atoms with Crippen molar-refractivity contribution in [3.8, 4) is 0 Å². The van der Waals surface area contributed by atoms with Gasteiger partial charge in [-0.25, -0.2) is 12.8 Å². The second kappa shape index (κ2) is 6.54. The minimum absolute atomic E-state index is 0.0699. The number of sulfone groups is 1. The lowest BCUT2D eigenvalue weighted by atomic mass is 9.99. The van der Waals surface area contributed by atoms with Gasteiger partial charge in [0.1, 0.15) is 5.82 Å². The maximum Gasteiger partial charge on any atom is 0.238 e. The number of nitrogens with zero attached hydrogens (tertiary/aromatic N) is 1. The van der Waals surface area contributed by atoms with Gasteiger partial charge in [0.25, 0.3) is 0 Å². The first-order valence-corrected chi connectivity index (χ1v) is 9.50. The van der Waals surface area contributed by atoms with Crippen molar-refractivity contribution < 1.29 is 17.6 Å². The first kappa shape index (κ1) is 16.4. The summed E-state index contributed by atoms with van der Waals surface area (Å²) in [5, 5.41) is 5.78. The van der Waals surface area contributed by atoms with Crippen LogP contribution in [0.25, 0.3) is 0 Å². The summed E-state index contributed by atoms with van der Waals surface area (Å²) in [7, 11) is -2.97. The van der Waals surface area contributed by atoms with Crippen molar-refractivity contribution in [3.05, 3.63) is 29.1 Å². The highest BCUT2D eigenvalue weighted by atomic mass is 32.2. The lowest BCUT2D eigenvalue weighted by molar-refractivity contribution is -0.117. The molecule has 6 nitrogen and oxygen atoms in total. The van der Waals surface area contributed by atoms with Crippen molar-refractivity contribution in [1.82, 2.24) is 10.2 Å². The normalized spacial score (nSPS) is 20.7. The number of carbonyl (C=O) groups excluding carboxylic acids is 1. The quantitative estimate of drug-likeness (QED) is 0.818. The zero-order valence-corrected chi connectivity index (χ0v) is 13.6. The molecule has 0 unspecified atom stereocenters. The summed E-state index contributed by atoms with van der Waals surface area (Å²) in [5.74, 6) is -0.545. The van der Waals surface area contributed by atoms with Crippen LogP contribution in [0, 0.1) is 5.82 Å². The Morgan fingerprint density at radius 3 is 2.78 bits per heavy atom. The average molecular weight is 341 g/mol. The highest BCUT2D eigenvalue weighted by molar-refractivity contribution is 7.91. The molecule has 0 aliphatic carbocycles. The molecule has 2 aliphatic heterocycles. The van der Waals surface area contributed by atoms with Crippen LogP contribution in [0.15, 0.2) is 12.1 Å². The van der Waals surface area contributed by atoms with Crippen LogP contribution in [-0.2, 0) is 27.6 Å². The second-order valence-corrected chi connectivity index (χ2v) is 8.27. The smallest absolute Gasteiger partial charge is 0.238 e. The first-order valence-electron chi connectivity index (χ1n) is 7.68. The van der Waals surface area contributed by atoms with Gasteiger partial charge in [-0.05, 0) is 30.2 Å². The van der Waals surface area contributed by atoms with Crippen molar-refractivity contribution in [2.24, 2.45) is 0 Å². The molecular formula is C15H20FN3O3S. The molecule has 1 fully saturated rings. The highest BCUT2D eigenvalue weighted by Gasteiger charge is 2.23. The molecule has 1 aromatic carbocycles. The Bertz CT molecular complexity index is 707. The topological polar surface area (TPSA) is 78.5 Å². The molecule has 0 aromatic heterocycles. The van der Waals surface area contributed by atoms with Crippen LogP contribution in [0.5, 0.6) is 0 Å². The molecule has 1 saturated heterocycles. The first-order chi connectivity index (χ1) is 10.9. The third-order valence-electron chi connectivity index (χ3n) is 4.29. The standard InChI is InChI=1S/C15H20FN3O3S/c16-15-12-3-4-17-9-11(12)1-2-13(15)18-14(20)10-19-5-7-23(21,22)8-6-19/h1-2,17H,3-10H2,(H,18,20). The number of amides is 1. The van der Waals surface area contributed by atoms with Crippen LogP contribution in [0.1, 0.15) is 11.1 Å². The summed E-state index contributed by atoms with van der Waals surface area (Å²) < 4.78 is 37.2. The van der Waals surface area contributed by atoms with Gasteiger partial charge in [0.2, 0.25) is 5.91 Å². The van der Waals surface area contributed by atoms with Crippen LogP contribution >= 0.6 is 0 Å². The fourth-order valence-corrected chi connectivity index (χ4v) is 4.21. The van der Waals surface area contributed by atoms with Crippen LogP contribution in [-0.4, -0.2) is 56.9 Å². The Labute approximate surface area is 135 Å². The number of nitrogens with one attached hydrogen (secondary N) is 2. The number of rotatable bonds is 3. The Balaban J connectivity index is 1.62. The maximum absolute atomic E-state index is 14.5. The van der Waals surface area contributed by atoms with E-state index in [9.17, 15) is 17.6 Å². The number of benzene rings is 1. The molecular weight excluding hydrogens is 321 g/mol. The van der Waals surface area contributed by atoms with Crippen LogP contribution < -0.4 is 10.6 Å². The lowest BCUT2D eigenvalue weighted by Gasteiger charge is -2.26. The Morgan fingerprint density at radius 2 is 2.04 bits per heavy atom. The van der Waals surface area contributed by atoms with Crippen LogP contribution in [0.2, 0.25) is 0 Å². The summed E-state index contributed by atoms with van der Waals surface area (Å²) in [6.45, 7) is 2.13. The Morgan fingerprint density at radius 1 is 1.30 bits per heavy atom. The number of halogens is 1. The number of hydrogen-bond donors (Lipinski definition) is 2. The molecule has 2 heterocycles. The molecule has 0 spiro atoms. The van der Waals surface area contributed by atoms with Gasteiger partial charge in [-0.2, -0.15) is 0 Å². The molecule has 2 N–H and O–H groups in total. The van der Waals surface area contributed by atoms with E-state index in [1.165, 1.54) is 0 Å². The summed E-state index contributed by atoms with van der Waals surface area (Å²) in [6.07, 6.45) is 0.606. The number of fused-ring (bicyclic) bond motifs is 1. The van der Waals surface area contributed by atoms with Crippen molar-refractivity contribution in [2.75, 3.05) is 43.0 Å². The zero-order chi connectivity index (χ0) is 16.4. The summed E-state index contributed by atoms with van der Waals surface area (Å²) in [5.41, 5.74) is 1.78. The van der Waals surface area contributed by atoms with Gasteiger partial charge in [0, 0.05) is 19.6 Å². The average Bonchev–Trinajstić information content (AvgIpc) is 2.52. The summed E-state index contributed by atoms with van der Waals surface area (Å²) in [4.78, 5) is 13.9. The maximum atomic E-state index is 14.5. The van der Waals surface area contributed by atoms with E-state index in [2.05, 4.69) is 10.6 Å². The van der Waals surface area contributed by atoms with E-state index >= 15 is 0 Å². The van der Waals surface area contributed by atoms with E-state index in [0.29, 0.717) is 31.6 Å². The number of hydrogen-bond acceptors (Lipinski definition) is 5. The SMILES string of the molecule is O=C(CN1CCS(=O)(=O)CC1)Nc1ccc2c(c1F)CCNC2. The lowest BCUT2D eigenvalue weighted by Crippen LogP contribution is -2.44. The van der Waals surface area contributed by atoms with Crippen molar-refractivity contribution in [3.63, 3.8) is 0 Å². The molecule has 1 aromatic rings. The van der Waals surface area contributed by atoms with Crippen molar-refractivity contribution in [2.45, 2.75) is 13.0 Å². The predicted octanol–water partition coefficient (Wildman–Crippen LogP) is 0.140. The minimum atomic E-state index is -2.97. The Hall–Kier alpha value is -1.51. The molecule has 23 heavy (non-hydrogen) atoms. The van der Waals surface area contributed by atoms with Gasteiger partial charge < -0.3 is 10.6 Å². The van der Waals surface area contributed by atoms with Gasteiger partial charge in [-0.3, -0.25) is 9.69 Å². The minimum Gasteiger partial charge on any atom is -0.322 e. The third kappa shape index (κ3) is 3.88. The molecule has 3 rings (SSSR count). The summed E-state index contributed by atoms with van der Waals surface area (Å²) >= 11 is 0. The highest BCUT2D eigenvalue weighted by Crippen LogP contribution is 2.24. The molecule has 8 heteroatoms. The van der Waals surface area contributed by atoms with E-state index in [4.69, 9.17) is 0 Å². The molecule has 2 aliphatic rings. The fraction of sp³-hybridized carbons (Fsp3) is 0.533. The molecule has 0 radical (unpaired) electrons. The number of carbonyl (C=O) groups is 1. The van der Waals surface area contributed by atoms with Crippen LogP contribution in [0.4, 0.5) is 10.1 Å². The largest absolute Gasteiger partial charge is 0.322 e. The van der Waals surface area contributed by atoms with Gasteiger partial charge >= 0.3 is 0 Å². The third-order valence-corrected chi connectivity index (χ3v) is 5.89. The van der Waals surface area contributed by atoms with Crippen molar-refractivity contribution in [1.29, 1.82) is 0 Å². The van der Waals surface area contributed by atoms with E-state index in [-0.39, 0.29) is 35.5 Å². The van der Waals surface area contributed by atoms with E-state index < -0.39 is 9.84 Å². The zero-order valence-electron chi connectivity index (χ0n) is 12.8. The van der Waals surface area contributed by atoms with Crippen LogP contribution in [0.3, 0.4) is 0 Å². The molecule has 0 atom stereocenters. The second-order valence-electron chi connectivity index (χ2n) is 5.97. The van der Waals surface area contributed by atoms with Gasteiger partial charge in [0.05, 0.1) is 23.7 Å². The molecule has 1 amide bonds. The Kier molecular flexibility index (Phi) is 4.65. The molecule has 0 bridgehead atoms. The predicted molar refractivity (Wildman–Crippen MR) is 85.5 cm³/mol. The van der Waals surface area contributed by atoms with Crippen molar-refractivity contribution >= 4 is 21.4 Å². The number of anilines is 1. The summed E-state index contributed by atoms with van der Waals surface area (Å²) in [6, 6.07) is 3.41.